The van der Waals surface area contributed by atoms with E-state index in [9.17, 15) is 4.79 Å². The Morgan fingerprint density at radius 2 is 1.90 bits per heavy atom. The molecule has 1 amide bonds. The van der Waals surface area contributed by atoms with Crippen LogP contribution in [0.25, 0.3) is 0 Å². The van der Waals surface area contributed by atoms with Crippen molar-refractivity contribution in [2.75, 3.05) is 0 Å². The highest BCUT2D eigenvalue weighted by Gasteiger charge is 2.12. The number of amides is 1. The molecule has 108 valence electrons. The number of halogens is 2. The molecule has 3 nitrogen and oxygen atoms in total. The number of nitrogens with one attached hydrogen (secondary N) is 2. The molecule has 1 aliphatic heterocycles. The van der Waals surface area contributed by atoms with Crippen molar-refractivity contribution < 1.29 is 4.79 Å². The molecule has 1 heterocycles. The van der Waals surface area contributed by atoms with Gasteiger partial charge < -0.3 is 10.6 Å². The lowest BCUT2D eigenvalue weighted by Gasteiger charge is -2.08. The fourth-order valence-electron chi connectivity index (χ4n) is 2.41. The zero-order valence-electron chi connectivity index (χ0n) is 11.2. The van der Waals surface area contributed by atoms with Crippen molar-refractivity contribution in [2.24, 2.45) is 0 Å². The third-order valence-electron chi connectivity index (χ3n) is 3.53. The molecule has 0 bridgehead atoms. The first kappa shape index (κ1) is 14.4. The Morgan fingerprint density at radius 3 is 2.71 bits per heavy atom. The molecule has 21 heavy (non-hydrogen) atoms. The van der Waals surface area contributed by atoms with E-state index in [1.165, 1.54) is 11.1 Å². The second-order valence-electron chi connectivity index (χ2n) is 5.01. The van der Waals surface area contributed by atoms with Gasteiger partial charge in [-0.15, -0.1) is 0 Å². The second-order valence-corrected chi connectivity index (χ2v) is 5.86. The molecule has 1 aliphatic rings. The van der Waals surface area contributed by atoms with Gasteiger partial charge in [0.05, 0.1) is 10.6 Å². The minimum Gasteiger partial charge on any atom is -0.348 e. The van der Waals surface area contributed by atoms with Crippen molar-refractivity contribution in [3.63, 3.8) is 0 Å². The zero-order valence-corrected chi connectivity index (χ0v) is 12.8. The first-order valence-corrected chi connectivity index (χ1v) is 7.44. The summed E-state index contributed by atoms with van der Waals surface area (Å²) < 4.78 is 0. The van der Waals surface area contributed by atoms with Gasteiger partial charge in [-0.3, -0.25) is 4.79 Å². The van der Waals surface area contributed by atoms with Gasteiger partial charge in [-0.2, -0.15) is 0 Å². The number of rotatable bonds is 3. The molecule has 3 rings (SSSR count). The predicted molar refractivity (Wildman–Crippen MR) is 84.6 cm³/mol. The molecule has 2 aromatic carbocycles. The van der Waals surface area contributed by atoms with Crippen LogP contribution in [0, 0.1) is 0 Å². The molecule has 0 aromatic heterocycles. The molecule has 5 heteroatoms. The third kappa shape index (κ3) is 3.21. The monoisotopic (exact) mass is 320 g/mol. The van der Waals surface area contributed by atoms with Crippen LogP contribution in [0.1, 0.15) is 27.0 Å². The summed E-state index contributed by atoms with van der Waals surface area (Å²) >= 11 is 11.9. The average molecular weight is 321 g/mol. The van der Waals surface area contributed by atoms with Gasteiger partial charge in [0.2, 0.25) is 0 Å². The van der Waals surface area contributed by atoms with Crippen LogP contribution in [-0.2, 0) is 19.6 Å². The molecule has 0 fully saturated rings. The van der Waals surface area contributed by atoms with Crippen LogP contribution >= 0.6 is 23.2 Å². The fraction of sp³-hybridized carbons (Fsp3) is 0.188. The van der Waals surface area contributed by atoms with E-state index in [4.69, 9.17) is 23.2 Å². The van der Waals surface area contributed by atoms with E-state index in [0.29, 0.717) is 22.2 Å². The molecular weight excluding hydrogens is 307 g/mol. The van der Waals surface area contributed by atoms with Crippen LogP contribution < -0.4 is 10.6 Å². The Kier molecular flexibility index (Phi) is 4.15. The van der Waals surface area contributed by atoms with Gasteiger partial charge in [0, 0.05) is 24.7 Å². The van der Waals surface area contributed by atoms with Gasteiger partial charge in [-0.1, -0.05) is 41.4 Å². The first-order valence-electron chi connectivity index (χ1n) is 6.68. The lowest BCUT2D eigenvalue weighted by atomic mass is 10.1. The normalized spacial score (nSPS) is 13.0. The largest absolute Gasteiger partial charge is 0.348 e. The van der Waals surface area contributed by atoms with Crippen LogP contribution in [0.4, 0.5) is 0 Å². The minimum absolute atomic E-state index is 0.199. The smallest absolute Gasteiger partial charge is 0.253 e. The maximum Gasteiger partial charge on any atom is 0.253 e. The number of carbonyl (C=O) groups excluding carboxylic acids is 1. The van der Waals surface area contributed by atoms with Crippen LogP contribution in [0.15, 0.2) is 36.4 Å². The highest BCUT2D eigenvalue weighted by Crippen LogP contribution is 2.21. The highest BCUT2D eigenvalue weighted by atomic mass is 35.5. The molecule has 0 unspecified atom stereocenters. The predicted octanol–water partition coefficient (Wildman–Crippen LogP) is 3.53. The van der Waals surface area contributed by atoms with Crippen LogP contribution in [0.3, 0.4) is 0 Å². The van der Waals surface area contributed by atoms with Crippen molar-refractivity contribution in [3.05, 3.63) is 68.7 Å². The van der Waals surface area contributed by atoms with Gasteiger partial charge in [0.15, 0.2) is 0 Å². The van der Waals surface area contributed by atoms with E-state index >= 15 is 0 Å². The summed E-state index contributed by atoms with van der Waals surface area (Å²) in [5.41, 5.74) is 4.14. The quantitative estimate of drug-likeness (QED) is 0.908. The number of carbonyl (C=O) groups is 1. The van der Waals surface area contributed by atoms with Crippen molar-refractivity contribution in [3.8, 4) is 0 Å². The Balaban J connectivity index is 1.68. The molecule has 0 aliphatic carbocycles. The SMILES string of the molecule is O=C(NCc1ccc2c(c1)CNC2)c1ccc(Cl)cc1Cl. The van der Waals surface area contributed by atoms with Crippen molar-refractivity contribution >= 4 is 29.1 Å². The van der Waals surface area contributed by atoms with Crippen LogP contribution in [0.5, 0.6) is 0 Å². The van der Waals surface area contributed by atoms with Crippen LogP contribution in [0.2, 0.25) is 10.0 Å². The lowest BCUT2D eigenvalue weighted by molar-refractivity contribution is 0.0951. The number of benzene rings is 2. The Morgan fingerprint density at radius 1 is 1.10 bits per heavy atom. The first-order chi connectivity index (χ1) is 10.1. The maximum absolute atomic E-state index is 12.1. The van der Waals surface area contributed by atoms with E-state index in [1.54, 1.807) is 18.2 Å². The Bertz CT molecular complexity index is 701. The van der Waals surface area contributed by atoms with E-state index < -0.39 is 0 Å². The van der Waals surface area contributed by atoms with E-state index in [0.717, 1.165) is 18.7 Å². The molecule has 0 spiro atoms. The van der Waals surface area contributed by atoms with Gasteiger partial charge in [0.1, 0.15) is 0 Å². The summed E-state index contributed by atoms with van der Waals surface area (Å²) in [5.74, 6) is -0.199. The minimum atomic E-state index is -0.199. The van der Waals surface area contributed by atoms with Gasteiger partial charge in [-0.25, -0.2) is 0 Å². The molecule has 0 radical (unpaired) electrons. The van der Waals surface area contributed by atoms with Gasteiger partial charge in [0.25, 0.3) is 5.91 Å². The molecular formula is C16H14Cl2N2O. The molecule has 0 atom stereocenters. The number of fused-ring (bicyclic) bond motifs is 1. The number of hydrogen-bond acceptors (Lipinski definition) is 2. The van der Waals surface area contributed by atoms with Crippen molar-refractivity contribution in [1.82, 2.24) is 10.6 Å². The van der Waals surface area contributed by atoms with E-state index in [-0.39, 0.29) is 5.91 Å². The summed E-state index contributed by atoms with van der Waals surface area (Å²) in [7, 11) is 0. The van der Waals surface area contributed by atoms with E-state index in [2.05, 4.69) is 22.8 Å². The zero-order chi connectivity index (χ0) is 14.8. The number of hydrogen-bond donors (Lipinski definition) is 2. The van der Waals surface area contributed by atoms with Gasteiger partial charge in [-0.05, 0) is 34.9 Å². The van der Waals surface area contributed by atoms with Crippen LogP contribution in [-0.4, -0.2) is 5.91 Å². The summed E-state index contributed by atoms with van der Waals surface area (Å²) in [5, 5.41) is 7.06. The molecule has 2 N–H and O–H groups in total. The average Bonchev–Trinajstić information content (AvgIpc) is 2.92. The second kappa shape index (κ2) is 6.06. The van der Waals surface area contributed by atoms with Gasteiger partial charge >= 0.3 is 0 Å². The maximum atomic E-state index is 12.1. The summed E-state index contributed by atoms with van der Waals surface area (Å²) in [4.78, 5) is 12.1. The summed E-state index contributed by atoms with van der Waals surface area (Å²) in [6.07, 6.45) is 0. The Labute approximate surface area is 133 Å². The standard InChI is InChI=1S/C16H14Cl2N2O/c17-13-3-4-14(15(18)6-13)16(21)20-7-10-1-2-11-8-19-9-12(11)5-10/h1-6,19H,7-9H2,(H,20,21). The van der Waals surface area contributed by atoms with Crippen molar-refractivity contribution in [2.45, 2.75) is 19.6 Å². The van der Waals surface area contributed by atoms with E-state index in [1.807, 2.05) is 6.07 Å². The molecule has 0 saturated carbocycles. The topological polar surface area (TPSA) is 41.1 Å². The Hall–Kier alpha value is -1.55. The fourth-order valence-corrected chi connectivity index (χ4v) is 2.90. The summed E-state index contributed by atoms with van der Waals surface area (Å²) in [6.45, 7) is 2.29. The van der Waals surface area contributed by atoms with Crippen molar-refractivity contribution in [1.29, 1.82) is 0 Å². The third-order valence-corrected chi connectivity index (χ3v) is 4.08. The highest BCUT2D eigenvalue weighted by molar-refractivity contribution is 6.36. The molecule has 0 saturated heterocycles. The lowest BCUT2D eigenvalue weighted by Crippen LogP contribution is -2.23. The molecule has 2 aromatic rings. The summed E-state index contributed by atoms with van der Waals surface area (Å²) in [6, 6.07) is 11.1.